The third-order valence-corrected chi connectivity index (χ3v) is 3.45. The molecule has 0 spiro atoms. The highest BCUT2D eigenvalue weighted by atomic mass is 16.6. The molecule has 0 saturated carbocycles. The van der Waals surface area contributed by atoms with Gasteiger partial charge in [-0.2, -0.15) is 0 Å². The fraction of sp³-hybridized carbons (Fsp3) is 0.188. The fourth-order valence-corrected chi connectivity index (χ4v) is 2.24. The molecular weight excluding hydrogens is 310 g/mol. The van der Waals surface area contributed by atoms with Gasteiger partial charge in [0.05, 0.1) is 11.5 Å². The number of nitrogens with zero attached hydrogens (tertiary/aromatic N) is 5. The van der Waals surface area contributed by atoms with E-state index in [1.54, 1.807) is 16.8 Å². The van der Waals surface area contributed by atoms with Gasteiger partial charge in [0.1, 0.15) is 6.61 Å². The Morgan fingerprint density at radius 3 is 2.75 bits per heavy atom. The lowest BCUT2D eigenvalue weighted by molar-refractivity contribution is -0.386. The lowest BCUT2D eigenvalue weighted by atomic mass is 10.2. The van der Waals surface area contributed by atoms with Crippen LogP contribution in [0.3, 0.4) is 0 Å². The molecule has 0 bridgehead atoms. The maximum absolute atomic E-state index is 11.1. The molecule has 1 aromatic heterocycles. The Labute approximate surface area is 137 Å². The van der Waals surface area contributed by atoms with Gasteiger partial charge in [0.2, 0.25) is 0 Å². The van der Waals surface area contributed by atoms with Crippen LogP contribution in [0.4, 0.5) is 5.69 Å². The first-order chi connectivity index (χ1) is 11.6. The topological polar surface area (TPSA) is 96.0 Å². The van der Waals surface area contributed by atoms with Crippen molar-refractivity contribution in [2.75, 3.05) is 0 Å². The number of rotatable bonds is 6. The number of aryl methyl sites for hydroxylation is 1. The van der Waals surface area contributed by atoms with Gasteiger partial charge in [-0.3, -0.25) is 10.1 Å². The molecule has 0 aliphatic rings. The van der Waals surface area contributed by atoms with Crippen molar-refractivity contribution in [1.29, 1.82) is 0 Å². The molecular formula is C16H15N5O3. The SMILES string of the molecule is Cc1ccc([N+](=O)[O-])c(OCc2nnnn2Cc2ccccc2)c1. The first-order valence-electron chi connectivity index (χ1n) is 7.30. The van der Waals surface area contributed by atoms with E-state index < -0.39 is 4.92 Å². The number of ether oxygens (including phenoxy) is 1. The second-order valence-electron chi connectivity index (χ2n) is 5.26. The van der Waals surface area contributed by atoms with Crippen molar-refractivity contribution >= 4 is 5.69 Å². The zero-order valence-corrected chi connectivity index (χ0v) is 13.0. The average Bonchev–Trinajstić information content (AvgIpc) is 3.00. The maximum atomic E-state index is 11.1. The van der Waals surface area contributed by atoms with Gasteiger partial charge in [-0.1, -0.05) is 36.4 Å². The van der Waals surface area contributed by atoms with E-state index in [1.165, 1.54) is 6.07 Å². The van der Waals surface area contributed by atoms with Crippen molar-refractivity contribution in [2.45, 2.75) is 20.1 Å². The number of hydrogen-bond donors (Lipinski definition) is 0. The Kier molecular flexibility index (Phi) is 4.46. The molecule has 3 rings (SSSR count). The minimum Gasteiger partial charge on any atom is -0.479 e. The number of nitro benzene ring substituents is 1. The van der Waals surface area contributed by atoms with Crippen LogP contribution in [0.1, 0.15) is 17.0 Å². The normalized spacial score (nSPS) is 10.5. The van der Waals surface area contributed by atoms with Crippen molar-refractivity contribution in [2.24, 2.45) is 0 Å². The largest absolute Gasteiger partial charge is 0.479 e. The Morgan fingerprint density at radius 1 is 1.21 bits per heavy atom. The van der Waals surface area contributed by atoms with Crippen LogP contribution in [0.2, 0.25) is 0 Å². The molecule has 0 atom stereocenters. The van der Waals surface area contributed by atoms with Crippen LogP contribution in [-0.4, -0.2) is 25.1 Å². The molecule has 0 N–H and O–H groups in total. The molecule has 8 heteroatoms. The van der Waals surface area contributed by atoms with Crippen LogP contribution in [0.25, 0.3) is 0 Å². The molecule has 0 amide bonds. The number of aromatic nitrogens is 4. The molecule has 0 aliphatic carbocycles. The monoisotopic (exact) mass is 325 g/mol. The summed E-state index contributed by atoms with van der Waals surface area (Å²) in [5.74, 6) is 0.698. The highest BCUT2D eigenvalue weighted by Crippen LogP contribution is 2.28. The van der Waals surface area contributed by atoms with Crippen LogP contribution < -0.4 is 4.74 Å². The number of hydrogen-bond acceptors (Lipinski definition) is 6. The van der Waals surface area contributed by atoms with Gasteiger partial charge in [0.15, 0.2) is 11.6 Å². The zero-order valence-electron chi connectivity index (χ0n) is 13.0. The first-order valence-corrected chi connectivity index (χ1v) is 7.30. The average molecular weight is 325 g/mol. The van der Waals surface area contributed by atoms with Gasteiger partial charge in [0.25, 0.3) is 0 Å². The minimum atomic E-state index is -0.471. The quantitative estimate of drug-likeness (QED) is 0.510. The predicted molar refractivity (Wildman–Crippen MR) is 85.5 cm³/mol. The third-order valence-electron chi connectivity index (χ3n) is 3.45. The molecule has 122 valence electrons. The lowest BCUT2D eigenvalue weighted by Gasteiger charge is -2.08. The van der Waals surface area contributed by atoms with E-state index in [4.69, 9.17) is 4.74 Å². The predicted octanol–water partition coefficient (Wildman–Crippen LogP) is 2.52. The van der Waals surface area contributed by atoms with Gasteiger partial charge in [0, 0.05) is 6.07 Å². The minimum absolute atomic E-state index is 0.0458. The van der Waals surface area contributed by atoms with Crippen molar-refractivity contribution < 1.29 is 9.66 Å². The molecule has 24 heavy (non-hydrogen) atoms. The van der Waals surface area contributed by atoms with E-state index in [-0.39, 0.29) is 18.0 Å². The Balaban J connectivity index is 1.76. The highest BCUT2D eigenvalue weighted by Gasteiger charge is 2.16. The van der Waals surface area contributed by atoms with Gasteiger partial charge in [-0.15, -0.1) is 5.10 Å². The van der Waals surface area contributed by atoms with Crippen molar-refractivity contribution in [1.82, 2.24) is 20.2 Å². The summed E-state index contributed by atoms with van der Waals surface area (Å²) < 4.78 is 7.21. The molecule has 8 nitrogen and oxygen atoms in total. The fourth-order valence-electron chi connectivity index (χ4n) is 2.24. The highest BCUT2D eigenvalue weighted by molar-refractivity contribution is 5.48. The summed E-state index contributed by atoms with van der Waals surface area (Å²) in [6, 6.07) is 14.5. The number of tetrazole rings is 1. The van der Waals surface area contributed by atoms with Crippen LogP contribution in [0, 0.1) is 17.0 Å². The molecule has 0 saturated heterocycles. The third kappa shape index (κ3) is 3.54. The Hall–Kier alpha value is -3.29. The number of benzene rings is 2. The molecule has 0 radical (unpaired) electrons. The zero-order chi connectivity index (χ0) is 16.9. The van der Waals surface area contributed by atoms with Crippen molar-refractivity contribution in [3.8, 4) is 5.75 Å². The summed E-state index contributed by atoms with van der Waals surface area (Å²) in [5, 5.41) is 22.6. The summed E-state index contributed by atoms with van der Waals surface area (Å²) in [6.45, 7) is 2.39. The first kappa shape index (κ1) is 15.6. The van der Waals surface area contributed by atoms with E-state index in [9.17, 15) is 10.1 Å². The summed E-state index contributed by atoms with van der Waals surface area (Å²) in [5.41, 5.74) is 1.84. The van der Waals surface area contributed by atoms with Crippen molar-refractivity contribution in [3.63, 3.8) is 0 Å². The second-order valence-corrected chi connectivity index (χ2v) is 5.26. The van der Waals surface area contributed by atoms with Crippen LogP contribution in [0.5, 0.6) is 5.75 Å². The molecule has 1 heterocycles. The van der Waals surface area contributed by atoms with E-state index in [0.29, 0.717) is 12.4 Å². The van der Waals surface area contributed by atoms with E-state index in [0.717, 1.165) is 11.1 Å². The van der Waals surface area contributed by atoms with Gasteiger partial charge in [-0.05, 0) is 34.5 Å². The second kappa shape index (κ2) is 6.86. The number of nitro groups is 1. The van der Waals surface area contributed by atoms with Crippen LogP contribution >= 0.6 is 0 Å². The molecule has 0 aliphatic heterocycles. The van der Waals surface area contributed by atoms with Crippen molar-refractivity contribution in [3.05, 3.63) is 75.6 Å². The summed E-state index contributed by atoms with van der Waals surface area (Å²) >= 11 is 0. The summed E-state index contributed by atoms with van der Waals surface area (Å²) in [6.07, 6.45) is 0. The maximum Gasteiger partial charge on any atom is 0.310 e. The van der Waals surface area contributed by atoms with Gasteiger partial charge < -0.3 is 4.74 Å². The van der Waals surface area contributed by atoms with Crippen LogP contribution in [-0.2, 0) is 13.2 Å². The van der Waals surface area contributed by atoms with Crippen LogP contribution in [0.15, 0.2) is 48.5 Å². The Bertz CT molecular complexity index is 848. The molecule has 0 unspecified atom stereocenters. The lowest BCUT2D eigenvalue weighted by Crippen LogP contribution is -2.10. The van der Waals surface area contributed by atoms with E-state index in [1.807, 2.05) is 37.3 Å². The van der Waals surface area contributed by atoms with Gasteiger partial charge >= 0.3 is 5.69 Å². The standard InChI is InChI=1S/C16H15N5O3/c1-12-7-8-14(21(22)23)15(9-12)24-11-16-17-18-19-20(16)10-13-5-3-2-4-6-13/h2-9H,10-11H2,1H3. The Morgan fingerprint density at radius 2 is 2.00 bits per heavy atom. The van der Waals surface area contributed by atoms with E-state index >= 15 is 0 Å². The molecule has 0 fully saturated rings. The van der Waals surface area contributed by atoms with E-state index in [2.05, 4.69) is 15.5 Å². The summed E-state index contributed by atoms with van der Waals surface area (Å²) in [7, 11) is 0. The molecule has 3 aromatic rings. The summed E-state index contributed by atoms with van der Waals surface area (Å²) in [4.78, 5) is 10.6. The molecule has 2 aromatic carbocycles. The smallest absolute Gasteiger partial charge is 0.310 e. The van der Waals surface area contributed by atoms with Gasteiger partial charge in [-0.25, -0.2) is 4.68 Å².